The van der Waals surface area contributed by atoms with Crippen molar-refractivity contribution in [1.82, 2.24) is 0 Å². The average molecular weight is 461 g/mol. The summed E-state index contributed by atoms with van der Waals surface area (Å²) in [6.07, 6.45) is 0.139. The zero-order valence-electron chi connectivity index (χ0n) is 20.5. The molecule has 0 spiro atoms. The van der Waals surface area contributed by atoms with Crippen LogP contribution in [0.3, 0.4) is 0 Å². The minimum Gasteiger partial charge on any atom is -0.401 e. The molecule has 32 heavy (non-hydrogen) atoms. The van der Waals surface area contributed by atoms with Gasteiger partial charge in [0.2, 0.25) is 0 Å². The van der Waals surface area contributed by atoms with E-state index in [9.17, 15) is 5.11 Å². The van der Waals surface area contributed by atoms with Gasteiger partial charge < -0.3 is 23.7 Å². The Morgan fingerprint density at radius 1 is 0.844 bits per heavy atom. The summed E-state index contributed by atoms with van der Waals surface area (Å²) in [5, 5.41) is 12.2. The summed E-state index contributed by atoms with van der Waals surface area (Å²) in [6.45, 7) is 11.9. The number of ether oxygens (including phenoxy) is 3. The average Bonchev–Trinajstić information content (AvgIpc) is 2.76. The van der Waals surface area contributed by atoms with E-state index in [-0.39, 0.29) is 24.5 Å². The van der Waals surface area contributed by atoms with E-state index in [1.807, 2.05) is 26.0 Å². The SMILES string of the molecule is COCCOCOC(C)(C)[C@H](CCO)O[Si](c1ccccc1)(c1ccccc1)C(C)(C)C. The number of aliphatic hydroxyl groups is 1. The van der Waals surface area contributed by atoms with Gasteiger partial charge in [0, 0.05) is 13.7 Å². The Morgan fingerprint density at radius 3 is 1.81 bits per heavy atom. The molecule has 2 rings (SSSR count). The lowest BCUT2D eigenvalue weighted by atomic mass is 9.99. The number of rotatable bonds is 13. The van der Waals surface area contributed by atoms with Crippen LogP contribution in [0, 0.1) is 0 Å². The molecule has 2 aromatic rings. The maximum Gasteiger partial charge on any atom is 0.261 e. The number of hydrogen-bond acceptors (Lipinski definition) is 5. The monoisotopic (exact) mass is 460 g/mol. The molecule has 0 aliphatic heterocycles. The summed E-state index contributed by atoms with van der Waals surface area (Å²) >= 11 is 0. The third-order valence-electron chi connectivity index (χ3n) is 5.85. The molecular weight excluding hydrogens is 420 g/mol. The molecule has 0 radical (unpaired) electrons. The Kier molecular flexibility index (Phi) is 10.1. The van der Waals surface area contributed by atoms with Crippen molar-refractivity contribution in [1.29, 1.82) is 0 Å². The molecule has 0 amide bonds. The summed E-state index contributed by atoms with van der Waals surface area (Å²) in [5.41, 5.74) is -0.664. The Bertz CT molecular complexity index is 734. The van der Waals surface area contributed by atoms with Crippen LogP contribution in [0.5, 0.6) is 0 Å². The summed E-state index contributed by atoms with van der Waals surface area (Å²) in [7, 11) is -1.13. The van der Waals surface area contributed by atoms with Crippen LogP contribution < -0.4 is 10.4 Å². The molecule has 0 heterocycles. The van der Waals surface area contributed by atoms with Gasteiger partial charge >= 0.3 is 0 Å². The zero-order valence-corrected chi connectivity index (χ0v) is 21.5. The van der Waals surface area contributed by atoms with E-state index in [2.05, 4.69) is 69.3 Å². The fourth-order valence-electron chi connectivity index (χ4n) is 4.06. The van der Waals surface area contributed by atoms with Crippen LogP contribution in [-0.4, -0.2) is 58.9 Å². The van der Waals surface area contributed by atoms with E-state index in [1.165, 1.54) is 10.4 Å². The quantitative estimate of drug-likeness (QED) is 0.280. The van der Waals surface area contributed by atoms with Crippen LogP contribution in [-0.2, 0) is 18.6 Å². The molecule has 0 aliphatic rings. The molecule has 2 aromatic carbocycles. The van der Waals surface area contributed by atoms with Gasteiger partial charge in [-0.2, -0.15) is 0 Å². The van der Waals surface area contributed by atoms with Crippen LogP contribution >= 0.6 is 0 Å². The van der Waals surface area contributed by atoms with Gasteiger partial charge in [0.15, 0.2) is 0 Å². The molecule has 1 atom stereocenters. The Labute approximate surface area is 194 Å². The summed E-state index contributed by atoms with van der Waals surface area (Å²) in [5.74, 6) is 0. The molecule has 5 nitrogen and oxygen atoms in total. The molecule has 0 aliphatic carbocycles. The van der Waals surface area contributed by atoms with Crippen molar-refractivity contribution in [3.63, 3.8) is 0 Å². The number of hydrogen-bond donors (Lipinski definition) is 1. The molecule has 0 aromatic heterocycles. The summed E-state index contributed by atoms with van der Waals surface area (Å²) < 4.78 is 23.9. The first-order valence-corrected chi connectivity index (χ1v) is 13.2. The Balaban J connectivity index is 2.48. The van der Waals surface area contributed by atoms with Crippen LogP contribution in [0.2, 0.25) is 5.04 Å². The minimum atomic E-state index is -2.77. The Hall–Kier alpha value is -1.54. The van der Waals surface area contributed by atoms with Crippen molar-refractivity contribution in [2.45, 2.75) is 57.8 Å². The van der Waals surface area contributed by atoms with E-state index >= 15 is 0 Å². The standard InChI is InChI=1S/C26H40O5Si/c1-25(2,3)32(22-13-9-7-10-14-22,23-15-11-8-12-16-23)31-24(17-18-27)26(4,5)30-21-29-20-19-28-6/h7-16,24,27H,17-21H2,1-6H3/t24-/m0/s1. The van der Waals surface area contributed by atoms with E-state index in [0.717, 1.165) is 0 Å². The predicted molar refractivity (Wildman–Crippen MR) is 132 cm³/mol. The fraction of sp³-hybridized carbons (Fsp3) is 0.538. The number of aliphatic hydroxyl groups excluding tert-OH is 1. The fourth-order valence-corrected chi connectivity index (χ4v) is 8.90. The second-order valence-corrected chi connectivity index (χ2v) is 13.8. The smallest absolute Gasteiger partial charge is 0.261 e. The van der Waals surface area contributed by atoms with Crippen molar-refractivity contribution in [2.24, 2.45) is 0 Å². The van der Waals surface area contributed by atoms with Crippen molar-refractivity contribution >= 4 is 18.7 Å². The van der Waals surface area contributed by atoms with Gasteiger partial charge in [-0.1, -0.05) is 81.4 Å². The van der Waals surface area contributed by atoms with Gasteiger partial charge in [0.1, 0.15) is 6.79 Å². The lowest BCUT2D eigenvalue weighted by Crippen LogP contribution is -2.69. The summed E-state index contributed by atoms with van der Waals surface area (Å²) in [6, 6.07) is 21.0. The molecule has 0 unspecified atom stereocenters. The predicted octanol–water partition coefficient (Wildman–Crippen LogP) is 3.73. The van der Waals surface area contributed by atoms with Gasteiger partial charge in [-0.25, -0.2) is 0 Å². The highest BCUT2D eigenvalue weighted by atomic mass is 28.4. The van der Waals surface area contributed by atoms with Crippen molar-refractivity contribution in [3.05, 3.63) is 60.7 Å². The maximum atomic E-state index is 9.91. The highest BCUT2D eigenvalue weighted by Crippen LogP contribution is 2.39. The molecular formula is C26H40O5Si. The molecule has 6 heteroatoms. The van der Waals surface area contributed by atoms with Gasteiger partial charge in [-0.05, 0) is 35.7 Å². The van der Waals surface area contributed by atoms with Gasteiger partial charge in [0.05, 0.1) is 24.9 Å². The first-order valence-electron chi connectivity index (χ1n) is 11.3. The third kappa shape index (κ3) is 6.50. The first kappa shape index (κ1) is 26.7. The largest absolute Gasteiger partial charge is 0.401 e. The lowest BCUT2D eigenvalue weighted by molar-refractivity contribution is -0.169. The van der Waals surface area contributed by atoms with Gasteiger partial charge in [-0.3, -0.25) is 0 Å². The van der Waals surface area contributed by atoms with Crippen LogP contribution in [0.4, 0.5) is 0 Å². The van der Waals surface area contributed by atoms with Crippen LogP contribution in [0.25, 0.3) is 0 Å². The Morgan fingerprint density at radius 2 is 1.38 bits per heavy atom. The highest BCUT2D eigenvalue weighted by molar-refractivity contribution is 6.99. The molecule has 0 bridgehead atoms. The van der Waals surface area contributed by atoms with E-state index in [0.29, 0.717) is 19.6 Å². The minimum absolute atomic E-state index is 0.0141. The van der Waals surface area contributed by atoms with Crippen molar-refractivity contribution in [2.75, 3.05) is 33.7 Å². The van der Waals surface area contributed by atoms with Crippen molar-refractivity contribution in [3.8, 4) is 0 Å². The van der Waals surface area contributed by atoms with Gasteiger partial charge in [-0.15, -0.1) is 0 Å². The van der Waals surface area contributed by atoms with Gasteiger partial charge in [0.25, 0.3) is 8.32 Å². The molecule has 0 saturated carbocycles. The second kappa shape index (κ2) is 12.1. The van der Waals surface area contributed by atoms with Crippen LogP contribution in [0.15, 0.2) is 60.7 Å². The van der Waals surface area contributed by atoms with Crippen LogP contribution in [0.1, 0.15) is 41.0 Å². The molecule has 0 saturated heterocycles. The molecule has 1 N–H and O–H groups in total. The normalized spacial score (nSPS) is 13.8. The molecule has 178 valence electrons. The van der Waals surface area contributed by atoms with Crippen molar-refractivity contribution < 1.29 is 23.7 Å². The number of methoxy groups -OCH3 is 1. The summed E-state index contributed by atoms with van der Waals surface area (Å²) in [4.78, 5) is 0. The van der Waals surface area contributed by atoms with E-state index in [1.54, 1.807) is 7.11 Å². The lowest BCUT2D eigenvalue weighted by Gasteiger charge is -2.48. The maximum absolute atomic E-state index is 9.91. The first-order chi connectivity index (χ1) is 15.2. The second-order valence-electron chi connectivity index (χ2n) is 9.55. The highest BCUT2D eigenvalue weighted by Gasteiger charge is 2.53. The topological polar surface area (TPSA) is 57.2 Å². The third-order valence-corrected chi connectivity index (χ3v) is 10.9. The molecule has 0 fully saturated rings. The van der Waals surface area contributed by atoms with E-state index < -0.39 is 13.9 Å². The van der Waals surface area contributed by atoms with E-state index in [4.69, 9.17) is 18.6 Å². The zero-order chi connectivity index (χ0) is 23.7. The number of benzene rings is 2.